The Morgan fingerprint density at radius 2 is 1.86 bits per heavy atom. The molecule has 1 amide bonds. The van der Waals surface area contributed by atoms with E-state index in [-0.39, 0.29) is 18.2 Å². The standard InChI is InChI=1S/C30H32N2O4/c1-17-10-21(30(35)32(3)4)11-18(2)28(17)25-7-5-6-23-20(8-9-24(23)25)12-19-13-26-29(31-15-19)22(16-36-26)14-27(33)34/h5-7,10-11,13,15,20,22H,8-9,12,14,16H2,1-4H3,(H,33,34)/t20-,22?/m0/s1. The number of carboxylic acid groups (broad SMARTS) is 1. The summed E-state index contributed by atoms with van der Waals surface area (Å²) in [5.74, 6) is 0.139. The first kappa shape index (κ1) is 24.0. The Kier molecular flexibility index (Phi) is 6.29. The van der Waals surface area contributed by atoms with Crippen LogP contribution in [0.1, 0.15) is 68.5 Å². The largest absolute Gasteiger partial charge is 0.491 e. The van der Waals surface area contributed by atoms with Crippen LogP contribution in [0.25, 0.3) is 11.1 Å². The van der Waals surface area contributed by atoms with Gasteiger partial charge in [-0.25, -0.2) is 0 Å². The normalized spacial score (nSPS) is 17.9. The van der Waals surface area contributed by atoms with E-state index in [0.29, 0.717) is 12.5 Å². The van der Waals surface area contributed by atoms with Crippen molar-refractivity contribution in [2.45, 2.75) is 51.4 Å². The summed E-state index contributed by atoms with van der Waals surface area (Å²) in [5.41, 5.74) is 10.1. The summed E-state index contributed by atoms with van der Waals surface area (Å²) in [6.07, 6.45) is 4.89. The third-order valence-corrected chi connectivity index (χ3v) is 7.52. The average molecular weight is 485 g/mol. The second-order valence-corrected chi connectivity index (χ2v) is 10.3. The number of carbonyl (C=O) groups is 2. The lowest BCUT2D eigenvalue weighted by Gasteiger charge is -2.18. The Morgan fingerprint density at radius 1 is 1.11 bits per heavy atom. The molecular weight excluding hydrogens is 452 g/mol. The zero-order chi connectivity index (χ0) is 25.6. The highest BCUT2D eigenvalue weighted by atomic mass is 16.5. The number of rotatable bonds is 6. The fourth-order valence-corrected chi connectivity index (χ4v) is 5.91. The predicted molar refractivity (Wildman–Crippen MR) is 139 cm³/mol. The summed E-state index contributed by atoms with van der Waals surface area (Å²) < 4.78 is 5.78. The molecule has 0 saturated heterocycles. The predicted octanol–water partition coefficient (Wildman–Crippen LogP) is 5.29. The molecule has 2 aliphatic rings. The van der Waals surface area contributed by atoms with Crippen molar-refractivity contribution in [2.24, 2.45) is 0 Å². The summed E-state index contributed by atoms with van der Waals surface area (Å²) >= 11 is 0. The highest BCUT2D eigenvalue weighted by molar-refractivity contribution is 5.95. The molecule has 1 aromatic heterocycles. The van der Waals surface area contributed by atoms with Gasteiger partial charge in [-0.2, -0.15) is 0 Å². The maximum absolute atomic E-state index is 12.5. The summed E-state index contributed by atoms with van der Waals surface area (Å²) in [6.45, 7) is 4.56. The smallest absolute Gasteiger partial charge is 0.304 e. The van der Waals surface area contributed by atoms with Gasteiger partial charge in [-0.15, -0.1) is 0 Å². The molecule has 0 saturated carbocycles. The van der Waals surface area contributed by atoms with E-state index in [1.54, 1.807) is 19.0 Å². The number of carboxylic acids is 1. The molecule has 2 heterocycles. The molecule has 0 spiro atoms. The molecular formula is C30H32N2O4. The van der Waals surface area contributed by atoms with Crippen LogP contribution >= 0.6 is 0 Å². The van der Waals surface area contributed by atoms with Gasteiger partial charge in [0, 0.05) is 31.8 Å². The van der Waals surface area contributed by atoms with Crippen LogP contribution in [0.4, 0.5) is 0 Å². The van der Waals surface area contributed by atoms with Crippen LogP contribution in [0.15, 0.2) is 42.6 Å². The van der Waals surface area contributed by atoms with Gasteiger partial charge in [-0.3, -0.25) is 14.6 Å². The number of hydrogen-bond donors (Lipinski definition) is 1. The number of nitrogens with zero attached hydrogens (tertiary/aromatic N) is 2. The van der Waals surface area contributed by atoms with E-state index in [1.165, 1.54) is 22.3 Å². The van der Waals surface area contributed by atoms with Gasteiger partial charge < -0.3 is 14.7 Å². The highest BCUT2D eigenvalue weighted by Gasteiger charge is 2.30. The van der Waals surface area contributed by atoms with Crippen LogP contribution < -0.4 is 4.74 Å². The topological polar surface area (TPSA) is 79.7 Å². The van der Waals surface area contributed by atoms with E-state index < -0.39 is 5.97 Å². The van der Waals surface area contributed by atoms with Gasteiger partial charge in [-0.1, -0.05) is 18.2 Å². The van der Waals surface area contributed by atoms with Crippen molar-refractivity contribution in [1.29, 1.82) is 0 Å². The summed E-state index contributed by atoms with van der Waals surface area (Å²) in [7, 11) is 3.56. The quantitative estimate of drug-likeness (QED) is 0.514. The van der Waals surface area contributed by atoms with Crippen molar-refractivity contribution in [1.82, 2.24) is 9.88 Å². The van der Waals surface area contributed by atoms with E-state index in [4.69, 9.17) is 9.84 Å². The number of fused-ring (bicyclic) bond motifs is 2. The first-order valence-electron chi connectivity index (χ1n) is 12.5. The second kappa shape index (κ2) is 9.41. The van der Waals surface area contributed by atoms with Gasteiger partial charge in [0.05, 0.1) is 18.7 Å². The number of aliphatic carboxylic acids is 1. The number of hydrogen-bond acceptors (Lipinski definition) is 4. The SMILES string of the molecule is Cc1cc(C(=O)N(C)C)cc(C)c1-c1cccc2c1CC[C@H]2Cc1cnc2c(c1)OCC2CC(=O)O. The van der Waals surface area contributed by atoms with Crippen molar-refractivity contribution in [3.05, 3.63) is 81.7 Å². The number of carbonyl (C=O) groups excluding carboxylic acids is 1. The van der Waals surface area contributed by atoms with Crippen molar-refractivity contribution in [3.63, 3.8) is 0 Å². The van der Waals surface area contributed by atoms with E-state index >= 15 is 0 Å². The number of aromatic nitrogens is 1. The molecule has 1 N–H and O–H groups in total. The Balaban J connectivity index is 1.42. The Hall–Kier alpha value is -3.67. The molecule has 6 heteroatoms. The number of aryl methyl sites for hydroxylation is 2. The maximum atomic E-state index is 12.5. The molecule has 2 aromatic carbocycles. The lowest BCUT2D eigenvalue weighted by molar-refractivity contribution is -0.137. The van der Waals surface area contributed by atoms with Crippen molar-refractivity contribution < 1.29 is 19.4 Å². The fraction of sp³-hybridized carbons (Fsp3) is 0.367. The molecule has 0 bridgehead atoms. The average Bonchev–Trinajstić information content (AvgIpc) is 3.42. The van der Waals surface area contributed by atoms with E-state index in [2.05, 4.69) is 37.0 Å². The summed E-state index contributed by atoms with van der Waals surface area (Å²) in [6, 6.07) is 12.6. The molecule has 1 aliphatic carbocycles. The molecule has 0 radical (unpaired) electrons. The van der Waals surface area contributed by atoms with Crippen molar-refractivity contribution >= 4 is 11.9 Å². The third-order valence-electron chi connectivity index (χ3n) is 7.52. The Bertz CT molecular complexity index is 1340. The van der Waals surface area contributed by atoms with Gasteiger partial charge in [0.1, 0.15) is 5.75 Å². The molecule has 1 aliphatic heterocycles. The summed E-state index contributed by atoms with van der Waals surface area (Å²) in [4.78, 5) is 29.9. The van der Waals surface area contributed by atoms with Gasteiger partial charge in [0.25, 0.3) is 5.91 Å². The second-order valence-electron chi connectivity index (χ2n) is 10.3. The van der Waals surface area contributed by atoms with Crippen LogP contribution in [0.5, 0.6) is 5.75 Å². The van der Waals surface area contributed by atoms with Crippen molar-refractivity contribution in [3.8, 4) is 16.9 Å². The van der Waals surface area contributed by atoms with Crippen LogP contribution in [-0.4, -0.2) is 47.6 Å². The number of benzene rings is 2. The van der Waals surface area contributed by atoms with Gasteiger partial charge in [0.2, 0.25) is 0 Å². The zero-order valence-corrected chi connectivity index (χ0v) is 21.3. The monoisotopic (exact) mass is 484 g/mol. The molecule has 2 atom stereocenters. The molecule has 5 rings (SSSR count). The number of amides is 1. The maximum Gasteiger partial charge on any atom is 0.304 e. The van der Waals surface area contributed by atoms with Crippen molar-refractivity contribution in [2.75, 3.05) is 20.7 Å². The number of pyridine rings is 1. The lowest BCUT2D eigenvalue weighted by atomic mass is 9.87. The summed E-state index contributed by atoms with van der Waals surface area (Å²) in [5, 5.41) is 9.14. The molecule has 3 aromatic rings. The molecule has 36 heavy (non-hydrogen) atoms. The molecule has 1 unspecified atom stereocenters. The minimum absolute atomic E-state index is 0.0207. The minimum atomic E-state index is -0.829. The third kappa shape index (κ3) is 4.36. The highest BCUT2D eigenvalue weighted by Crippen LogP contribution is 2.43. The van der Waals surface area contributed by atoms with Crippen LogP contribution in [0.2, 0.25) is 0 Å². The lowest BCUT2D eigenvalue weighted by Crippen LogP contribution is -2.22. The van der Waals surface area contributed by atoms with E-state index in [0.717, 1.165) is 53.0 Å². The van der Waals surface area contributed by atoms with E-state index in [9.17, 15) is 9.59 Å². The zero-order valence-electron chi connectivity index (χ0n) is 21.3. The van der Waals surface area contributed by atoms with Gasteiger partial charge >= 0.3 is 5.97 Å². The Morgan fingerprint density at radius 3 is 2.56 bits per heavy atom. The molecule has 6 nitrogen and oxygen atoms in total. The van der Waals surface area contributed by atoms with Crippen LogP contribution in [0.3, 0.4) is 0 Å². The minimum Gasteiger partial charge on any atom is -0.491 e. The molecule has 186 valence electrons. The first-order valence-corrected chi connectivity index (χ1v) is 12.5. The molecule has 0 fully saturated rings. The number of ether oxygens (including phenoxy) is 1. The Labute approximate surface area is 211 Å². The fourth-order valence-electron chi connectivity index (χ4n) is 5.91. The van der Waals surface area contributed by atoms with E-state index in [1.807, 2.05) is 24.4 Å². The van der Waals surface area contributed by atoms with Crippen LogP contribution in [-0.2, 0) is 17.6 Å². The van der Waals surface area contributed by atoms with Gasteiger partial charge in [0.15, 0.2) is 0 Å². The van der Waals surface area contributed by atoms with Crippen LogP contribution in [0, 0.1) is 13.8 Å². The first-order chi connectivity index (χ1) is 17.2. The van der Waals surface area contributed by atoms with Gasteiger partial charge in [-0.05, 0) is 96.2 Å².